The van der Waals surface area contributed by atoms with Crippen molar-refractivity contribution in [1.29, 1.82) is 0 Å². The summed E-state index contributed by atoms with van der Waals surface area (Å²) < 4.78 is 23.2. The van der Waals surface area contributed by atoms with Crippen LogP contribution in [0.1, 0.15) is 25.7 Å². The highest BCUT2D eigenvalue weighted by Gasteiger charge is 2.41. The number of nitrogens with zero attached hydrogens (tertiary/aromatic N) is 1. The summed E-state index contributed by atoms with van der Waals surface area (Å²) in [6.45, 7) is -0.0484. The van der Waals surface area contributed by atoms with E-state index < -0.39 is 31.3 Å². The van der Waals surface area contributed by atoms with Crippen LogP contribution < -0.4 is 0 Å². The Morgan fingerprint density at radius 1 is 1.22 bits per heavy atom. The first kappa shape index (κ1) is 15.3. The smallest absolute Gasteiger partial charge is 0.303 e. The summed E-state index contributed by atoms with van der Waals surface area (Å²) in [5, 5.41) is 7.92. The number of sulfonamides is 1. The number of rotatable bonds is 6. The number of hydrogen-bond acceptors (Lipinski definition) is 4. The highest BCUT2D eigenvalue weighted by molar-refractivity contribution is 7.95. The van der Waals surface area contributed by atoms with Crippen molar-refractivity contribution in [3.05, 3.63) is 9.40 Å². The standard InChI is InChI=1S/C9H11Cl2NO5S/c10-7-8(11)18(16,17)12(9(7)15)5-3-1-2-4-6(13)14/h1-5H2,(H,13,14). The number of unbranched alkanes of at least 4 members (excludes halogenated alkanes) is 2. The average molecular weight is 316 g/mol. The van der Waals surface area contributed by atoms with Gasteiger partial charge in [-0.1, -0.05) is 29.6 Å². The van der Waals surface area contributed by atoms with Gasteiger partial charge in [-0.3, -0.25) is 9.59 Å². The van der Waals surface area contributed by atoms with Crippen molar-refractivity contribution in [2.75, 3.05) is 6.54 Å². The normalized spacial score (nSPS) is 18.6. The summed E-state index contributed by atoms with van der Waals surface area (Å²) in [7, 11) is -3.99. The molecule has 1 N–H and O–H groups in total. The molecule has 0 aromatic rings. The van der Waals surface area contributed by atoms with Gasteiger partial charge in [-0.25, -0.2) is 4.31 Å². The summed E-state index contributed by atoms with van der Waals surface area (Å²) in [6.07, 6.45) is 1.31. The second kappa shape index (κ2) is 5.90. The first-order valence-electron chi connectivity index (χ1n) is 5.12. The van der Waals surface area contributed by atoms with Crippen LogP contribution in [0.15, 0.2) is 9.40 Å². The first-order chi connectivity index (χ1) is 8.28. The van der Waals surface area contributed by atoms with Gasteiger partial charge in [0.1, 0.15) is 5.03 Å². The van der Waals surface area contributed by atoms with Gasteiger partial charge in [-0.2, -0.15) is 8.42 Å². The van der Waals surface area contributed by atoms with Crippen molar-refractivity contribution >= 4 is 45.1 Å². The molecule has 0 atom stereocenters. The lowest BCUT2D eigenvalue weighted by Crippen LogP contribution is -2.32. The Morgan fingerprint density at radius 2 is 1.83 bits per heavy atom. The van der Waals surface area contributed by atoms with E-state index in [-0.39, 0.29) is 13.0 Å². The molecule has 1 aliphatic rings. The van der Waals surface area contributed by atoms with Crippen molar-refractivity contribution in [2.45, 2.75) is 25.7 Å². The van der Waals surface area contributed by atoms with E-state index in [4.69, 9.17) is 28.3 Å². The molecule has 1 aliphatic heterocycles. The van der Waals surface area contributed by atoms with E-state index >= 15 is 0 Å². The minimum Gasteiger partial charge on any atom is -0.481 e. The van der Waals surface area contributed by atoms with Crippen molar-refractivity contribution in [3.63, 3.8) is 0 Å². The molecule has 6 nitrogen and oxygen atoms in total. The van der Waals surface area contributed by atoms with Crippen LogP contribution in [0.25, 0.3) is 0 Å². The molecule has 0 aliphatic carbocycles. The van der Waals surface area contributed by atoms with E-state index in [1.165, 1.54) is 0 Å². The number of carboxylic acids is 1. The van der Waals surface area contributed by atoms with Crippen LogP contribution in [0.5, 0.6) is 0 Å². The molecule has 0 aromatic heterocycles. The fourth-order valence-electron chi connectivity index (χ4n) is 1.44. The van der Waals surface area contributed by atoms with E-state index in [9.17, 15) is 18.0 Å². The Balaban J connectivity index is 2.50. The molecule has 1 rings (SSSR count). The van der Waals surface area contributed by atoms with E-state index in [2.05, 4.69) is 0 Å². The summed E-state index contributed by atoms with van der Waals surface area (Å²) in [5.41, 5.74) is 0. The highest BCUT2D eigenvalue weighted by atomic mass is 35.5. The summed E-state index contributed by atoms with van der Waals surface area (Å²) >= 11 is 10.9. The van der Waals surface area contributed by atoms with Crippen LogP contribution in [0, 0.1) is 0 Å². The van der Waals surface area contributed by atoms with Gasteiger partial charge in [0, 0.05) is 13.0 Å². The molecule has 18 heavy (non-hydrogen) atoms. The van der Waals surface area contributed by atoms with E-state index in [0.717, 1.165) is 0 Å². The lowest BCUT2D eigenvalue weighted by atomic mass is 10.2. The summed E-state index contributed by atoms with van der Waals surface area (Å²) in [6, 6.07) is 0. The third-order valence-electron chi connectivity index (χ3n) is 2.36. The third-order valence-corrected chi connectivity index (χ3v) is 5.27. The Kier molecular flexibility index (Phi) is 5.01. The zero-order valence-electron chi connectivity index (χ0n) is 9.23. The topological polar surface area (TPSA) is 91.8 Å². The first-order valence-corrected chi connectivity index (χ1v) is 7.32. The lowest BCUT2D eigenvalue weighted by Gasteiger charge is -2.14. The molecule has 0 fully saturated rings. The molecule has 1 amide bonds. The lowest BCUT2D eigenvalue weighted by molar-refractivity contribution is -0.137. The number of carbonyl (C=O) groups is 2. The second-order valence-corrected chi connectivity index (χ2v) is 6.45. The molecule has 9 heteroatoms. The van der Waals surface area contributed by atoms with Gasteiger partial charge in [0.05, 0.1) is 0 Å². The van der Waals surface area contributed by atoms with Gasteiger partial charge in [0.25, 0.3) is 15.9 Å². The van der Waals surface area contributed by atoms with Crippen LogP contribution >= 0.6 is 23.2 Å². The Labute approximate surface area is 114 Å². The van der Waals surface area contributed by atoms with Gasteiger partial charge < -0.3 is 5.11 Å². The minimum atomic E-state index is -3.99. The number of aliphatic carboxylic acids is 1. The predicted octanol–water partition coefficient (Wildman–Crippen LogP) is 1.45. The van der Waals surface area contributed by atoms with Crippen molar-refractivity contribution < 1.29 is 23.1 Å². The van der Waals surface area contributed by atoms with E-state index in [1.807, 2.05) is 0 Å². The SMILES string of the molecule is O=C(O)CCCCCN1C(=O)C(Cl)=C(Cl)S1(=O)=O. The highest BCUT2D eigenvalue weighted by Crippen LogP contribution is 2.33. The molecule has 0 spiro atoms. The van der Waals surface area contributed by atoms with E-state index in [1.54, 1.807) is 0 Å². The van der Waals surface area contributed by atoms with Crippen LogP contribution in [-0.4, -0.2) is 36.3 Å². The number of carbonyl (C=O) groups excluding carboxylic acids is 1. The average Bonchev–Trinajstić information content (AvgIpc) is 2.42. The molecule has 0 unspecified atom stereocenters. The predicted molar refractivity (Wildman–Crippen MR) is 65.5 cm³/mol. The van der Waals surface area contributed by atoms with Crippen LogP contribution in [0.2, 0.25) is 0 Å². The van der Waals surface area contributed by atoms with Gasteiger partial charge in [0.15, 0.2) is 4.36 Å². The maximum absolute atomic E-state index is 11.6. The zero-order valence-corrected chi connectivity index (χ0v) is 11.6. The number of carboxylic acid groups (broad SMARTS) is 1. The largest absolute Gasteiger partial charge is 0.481 e. The third kappa shape index (κ3) is 3.15. The fourth-order valence-corrected chi connectivity index (χ4v) is 3.40. The van der Waals surface area contributed by atoms with Crippen molar-refractivity contribution in [1.82, 2.24) is 4.31 Å². The van der Waals surface area contributed by atoms with Crippen molar-refractivity contribution in [3.8, 4) is 0 Å². The minimum absolute atomic E-state index is 0.0143. The van der Waals surface area contributed by atoms with Gasteiger partial charge in [-0.15, -0.1) is 0 Å². The van der Waals surface area contributed by atoms with Gasteiger partial charge in [0.2, 0.25) is 0 Å². The monoisotopic (exact) mass is 315 g/mol. The quantitative estimate of drug-likeness (QED) is 0.749. The van der Waals surface area contributed by atoms with Gasteiger partial charge in [-0.05, 0) is 12.8 Å². The summed E-state index contributed by atoms with van der Waals surface area (Å²) in [4.78, 5) is 21.7. The van der Waals surface area contributed by atoms with Crippen LogP contribution in [0.4, 0.5) is 0 Å². The molecule has 0 aromatic carbocycles. The molecule has 0 saturated heterocycles. The zero-order chi connectivity index (χ0) is 13.9. The molecular formula is C9H11Cl2NO5S. The van der Waals surface area contributed by atoms with Crippen LogP contribution in [0.3, 0.4) is 0 Å². The molecule has 0 bridgehead atoms. The van der Waals surface area contributed by atoms with Gasteiger partial charge >= 0.3 is 5.97 Å². The number of amides is 1. The number of halogens is 2. The van der Waals surface area contributed by atoms with Crippen molar-refractivity contribution in [2.24, 2.45) is 0 Å². The number of hydrogen-bond donors (Lipinski definition) is 1. The second-order valence-electron chi connectivity index (χ2n) is 3.67. The Morgan fingerprint density at radius 3 is 2.28 bits per heavy atom. The molecule has 0 saturated carbocycles. The van der Waals surface area contributed by atoms with Crippen LogP contribution in [-0.2, 0) is 19.6 Å². The van der Waals surface area contributed by atoms with E-state index in [0.29, 0.717) is 23.6 Å². The summed E-state index contributed by atoms with van der Waals surface area (Å²) in [5.74, 6) is -1.74. The Bertz CT molecular complexity index is 499. The maximum atomic E-state index is 11.6. The maximum Gasteiger partial charge on any atom is 0.303 e. The molecule has 102 valence electrons. The molecular weight excluding hydrogens is 305 g/mol. The molecule has 1 heterocycles. The molecule has 0 radical (unpaired) electrons. The fraction of sp³-hybridized carbons (Fsp3) is 0.556. The Hall–Kier alpha value is -0.790.